The first-order valence-corrected chi connectivity index (χ1v) is 15.9. The number of hydrogen-bond donors (Lipinski definition) is 1. The number of imide groups is 1. The summed E-state index contributed by atoms with van der Waals surface area (Å²) in [4.78, 5) is 29.7. The average molecular weight is 595 g/mol. The Labute approximate surface area is 259 Å². The molecule has 2 amide bonds. The molecule has 0 spiro atoms. The predicted molar refractivity (Wildman–Crippen MR) is 167 cm³/mol. The summed E-state index contributed by atoms with van der Waals surface area (Å²) in [5, 5.41) is 9.55. The molecule has 4 aliphatic rings. The van der Waals surface area contributed by atoms with Crippen LogP contribution in [-0.2, 0) is 22.6 Å². The van der Waals surface area contributed by atoms with Crippen molar-refractivity contribution < 1.29 is 24.2 Å². The summed E-state index contributed by atoms with van der Waals surface area (Å²) in [6.07, 6.45) is 3.81. The van der Waals surface area contributed by atoms with E-state index in [0.29, 0.717) is 28.0 Å². The first-order valence-electron chi connectivity index (χ1n) is 15.9. The number of aliphatic hydroxyl groups is 1. The monoisotopic (exact) mass is 594 g/mol. The summed E-state index contributed by atoms with van der Waals surface area (Å²) in [5.41, 5.74) is 5.36. The second kappa shape index (κ2) is 11.2. The molecule has 2 bridgehead atoms. The number of carbonyl (C=O) groups is 2. The number of hydrogen-bond acceptors (Lipinski definition) is 6. The van der Waals surface area contributed by atoms with Gasteiger partial charge < -0.3 is 14.6 Å². The fraction of sp³-hybridized carbons (Fsp3) is 0.459. The van der Waals surface area contributed by atoms with Crippen molar-refractivity contribution in [1.82, 2.24) is 9.80 Å². The Kier molecular flexibility index (Phi) is 7.48. The molecule has 1 aliphatic carbocycles. The molecule has 5 atom stereocenters. The van der Waals surface area contributed by atoms with Gasteiger partial charge in [0, 0.05) is 31.1 Å². The second-order valence-corrected chi connectivity index (χ2v) is 14.5. The van der Waals surface area contributed by atoms with Gasteiger partial charge in [0.05, 0.1) is 36.5 Å². The summed E-state index contributed by atoms with van der Waals surface area (Å²) in [7, 11) is 0. The number of nitrogens with zero attached hydrogens (tertiary/aromatic N) is 2. The smallest absolute Gasteiger partial charge is 0.261 e. The molecule has 3 aromatic carbocycles. The Hall–Kier alpha value is -3.36. The van der Waals surface area contributed by atoms with Crippen LogP contribution in [0.4, 0.5) is 0 Å². The molecule has 0 aromatic heterocycles. The fourth-order valence-electron chi connectivity index (χ4n) is 8.43. The summed E-state index contributed by atoms with van der Waals surface area (Å²) in [6.45, 7) is 9.47. The molecular formula is C37H42N2O5. The van der Waals surface area contributed by atoms with Gasteiger partial charge in [-0.1, -0.05) is 81.4 Å². The maximum atomic E-state index is 12.9. The lowest BCUT2D eigenvalue weighted by Crippen LogP contribution is -2.42. The van der Waals surface area contributed by atoms with Gasteiger partial charge in [0.15, 0.2) is 6.29 Å². The molecule has 1 N–H and O–H groups in total. The van der Waals surface area contributed by atoms with Gasteiger partial charge in [-0.15, -0.1) is 0 Å². The van der Waals surface area contributed by atoms with Crippen LogP contribution in [0.1, 0.15) is 102 Å². The highest BCUT2D eigenvalue weighted by Gasteiger charge is 2.50. The number of aliphatic hydroxyl groups excluding tert-OH is 1. The van der Waals surface area contributed by atoms with E-state index in [4.69, 9.17) is 9.47 Å². The molecule has 7 heteroatoms. The Morgan fingerprint density at radius 2 is 1.45 bits per heavy atom. The number of rotatable bonds is 7. The average Bonchev–Trinajstić information content (AvgIpc) is 3.39. The molecule has 7 nitrogen and oxygen atoms in total. The quantitative estimate of drug-likeness (QED) is 0.318. The fourth-order valence-corrected chi connectivity index (χ4v) is 8.43. The van der Waals surface area contributed by atoms with Crippen LogP contribution in [0, 0.1) is 10.8 Å². The summed E-state index contributed by atoms with van der Waals surface area (Å²) < 4.78 is 13.3. The van der Waals surface area contributed by atoms with E-state index in [-0.39, 0.29) is 37.2 Å². The van der Waals surface area contributed by atoms with Crippen LogP contribution in [0.2, 0.25) is 0 Å². The van der Waals surface area contributed by atoms with Crippen LogP contribution in [0.5, 0.6) is 0 Å². The van der Waals surface area contributed by atoms with Crippen molar-refractivity contribution in [3.05, 3.63) is 106 Å². The van der Waals surface area contributed by atoms with E-state index in [1.807, 2.05) is 48.5 Å². The lowest BCUT2D eigenvalue weighted by Gasteiger charge is -2.41. The van der Waals surface area contributed by atoms with Gasteiger partial charge in [0.25, 0.3) is 11.8 Å². The Bertz CT molecular complexity index is 1520. The largest absolute Gasteiger partial charge is 0.392 e. The molecular weight excluding hydrogens is 552 g/mol. The lowest BCUT2D eigenvalue weighted by atomic mass is 9.65. The maximum Gasteiger partial charge on any atom is 0.261 e. The van der Waals surface area contributed by atoms with Gasteiger partial charge in [-0.05, 0) is 58.9 Å². The number of ether oxygens (including phenoxy) is 2. The minimum absolute atomic E-state index is 0.000328. The number of likely N-dealkylation sites (tertiary alicyclic amines) is 1. The molecule has 7 rings (SSSR count). The zero-order valence-electron chi connectivity index (χ0n) is 25.9. The van der Waals surface area contributed by atoms with Crippen molar-refractivity contribution in [2.24, 2.45) is 10.8 Å². The highest BCUT2D eigenvalue weighted by atomic mass is 16.7. The van der Waals surface area contributed by atoms with E-state index in [0.717, 1.165) is 41.8 Å². The minimum atomic E-state index is -0.543. The summed E-state index contributed by atoms with van der Waals surface area (Å²) in [5.74, 6) is -0.509. The molecule has 1 saturated carbocycles. The van der Waals surface area contributed by atoms with Gasteiger partial charge in [0.1, 0.15) is 0 Å². The zero-order chi connectivity index (χ0) is 30.6. The van der Waals surface area contributed by atoms with Gasteiger partial charge in [-0.2, -0.15) is 0 Å². The van der Waals surface area contributed by atoms with Crippen LogP contribution in [0.25, 0.3) is 0 Å². The first-order chi connectivity index (χ1) is 21.1. The Morgan fingerprint density at radius 1 is 0.818 bits per heavy atom. The van der Waals surface area contributed by atoms with Crippen molar-refractivity contribution in [3.63, 3.8) is 0 Å². The van der Waals surface area contributed by atoms with Crippen LogP contribution >= 0.6 is 0 Å². The molecule has 3 fully saturated rings. The second-order valence-electron chi connectivity index (χ2n) is 14.5. The molecule has 230 valence electrons. The number of fused-ring (bicyclic) bond motifs is 3. The van der Waals surface area contributed by atoms with Gasteiger partial charge in [-0.3, -0.25) is 19.4 Å². The molecule has 3 heterocycles. The highest BCUT2D eigenvalue weighted by Crippen LogP contribution is 2.53. The van der Waals surface area contributed by atoms with Crippen molar-refractivity contribution >= 4 is 11.8 Å². The molecule has 0 radical (unpaired) electrons. The Balaban J connectivity index is 1.09. The van der Waals surface area contributed by atoms with E-state index < -0.39 is 6.29 Å². The highest BCUT2D eigenvalue weighted by molar-refractivity contribution is 6.21. The summed E-state index contributed by atoms with van der Waals surface area (Å²) >= 11 is 0. The molecule has 3 aromatic rings. The zero-order valence-corrected chi connectivity index (χ0v) is 25.9. The third kappa shape index (κ3) is 5.63. The standard InChI is InChI=1S/C37H42N2O5/c1-36(2)17-28-18-37(3,22-36)23-38(28)20-29-16-32(26-12-10-25(21-40)11-13-26)44-35(43-29)27-14-8-24(9-15-27)19-39-33(41)30-6-4-5-7-31(30)34(39)42/h4-15,28-29,32,35,40H,16-23H2,1-3H3/t28?,29-,32+,35+,37?/m1/s1. The predicted octanol–water partition coefficient (Wildman–Crippen LogP) is 6.42. The third-order valence-electron chi connectivity index (χ3n) is 10.0. The molecule has 44 heavy (non-hydrogen) atoms. The van der Waals surface area contributed by atoms with Crippen molar-refractivity contribution in [2.45, 2.75) is 84.1 Å². The maximum absolute atomic E-state index is 12.9. The third-order valence-corrected chi connectivity index (χ3v) is 10.0. The van der Waals surface area contributed by atoms with Crippen molar-refractivity contribution in [1.29, 1.82) is 0 Å². The minimum Gasteiger partial charge on any atom is -0.392 e. The van der Waals surface area contributed by atoms with Crippen LogP contribution in [-0.4, -0.2) is 52.0 Å². The van der Waals surface area contributed by atoms with E-state index in [1.165, 1.54) is 24.2 Å². The van der Waals surface area contributed by atoms with Crippen molar-refractivity contribution in [2.75, 3.05) is 13.1 Å². The topological polar surface area (TPSA) is 79.3 Å². The van der Waals surface area contributed by atoms with Crippen LogP contribution < -0.4 is 0 Å². The normalized spacial score (nSPS) is 29.7. The van der Waals surface area contributed by atoms with E-state index >= 15 is 0 Å². The summed E-state index contributed by atoms with van der Waals surface area (Å²) in [6, 6.07) is 23.4. The van der Waals surface area contributed by atoms with Crippen LogP contribution in [0.3, 0.4) is 0 Å². The molecule has 2 unspecified atom stereocenters. The van der Waals surface area contributed by atoms with E-state index in [9.17, 15) is 14.7 Å². The number of carbonyl (C=O) groups excluding carboxylic acids is 2. The van der Waals surface area contributed by atoms with Gasteiger partial charge >= 0.3 is 0 Å². The van der Waals surface area contributed by atoms with E-state index in [2.05, 4.69) is 25.7 Å². The molecule has 2 saturated heterocycles. The SMILES string of the molecule is CC1(C)CC2CC(C)(CN2C[C@H]2C[C@@H](c3ccc(CO)cc3)O[C@@H](c3ccc(CN4C(=O)c5ccccc5C4=O)cc3)O2)C1. The Morgan fingerprint density at radius 3 is 2.11 bits per heavy atom. The van der Waals surface area contributed by atoms with E-state index in [1.54, 1.807) is 24.3 Å². The molecule has 3 aliphatic heterocycles. The first kappa shape index (κ1) is 29.4. The van der Waals surface area contributed by atoms with Crippen molar-refractivity contribution in [3.8, 4) is 0 Å². The lowest BCUT2D eigenvalue weighted by molar-refractivity contribution is -0.253. The number of benzene rings is 3. The number of amides is 2. The van der Waals surface area contributed by atoms with Crippen LogP contribution in [0.15, 0.2) is 72.8 Å². The van der Waals surface area contributed by atoms with Gasteiger partial charge in [-0.25, -0.2) is 0 Å². The van der Waals surface area contributed by atoms with Gasteiger partial charge in [0.2, 0.25) is 0 Å².